The summed E-state index contributed by atoms with van der Waals surface area (Å²) in [5, 5.41) is 11.1. The molecule has 2 aromatic carbocycles. The normalized spacial score (nSPS) is 19.2. The van der Waals surface area contributed by atoms with E-state index in [4.69, 9.17) is 5.73 Å². The first-order valence-electron chi connectivity index (χ1n) is 13.7. The molecule has 1 aliphatic heterocycles. The number of amides is 1. The molecule has 2 aromatic rings. The number of ketones is 1. The van der Waals surface area contributed by atoms with Crippen LogP contribution >= 0.6 is 0 Å². The first-order valence-corrected chi connectivity index (χ1v) is 13.7. The van der Waals surface area contributed by atoms with Crippen molar-refractivity contribution in [2.45, 2.75) is 78.6 Å². The van der Waals surface area contributed by atoms with E-state index in [1.165, 1.54) is 5.56 Å². The predicted molar refractivity (Wildman–Crippen MR) is 155 cm³/mol. The minimum absolute atomic E-state index is 0.0246. The molecule has 0 spiro atoms. The molecule has 1 amide bonds. The molecule has 6 heteroatoms. The molecule has 38 heavy (non-hydrogen) atoms. The number of phenols is 1. The average Bonchev–Trinajstić information content (AvgIpc) is 3.12. The second-order valence-corrected chi connectivity index (χ2v) is 12.7. The van der Waals surface area contributed by atoms with E-state index in [1.807, 2.05) is 71.9 Å². The fraction of sp³-hybridized carbons (Fsp3) is 0.531. The van der Waals surface area contributed by atoms with Gasteiger partial charge < -0.3 is 15.7 Å². The lowest BCUT2D eigenvalue weighted by Gasteiger charge is -2.28. The second-order valence-electron chi connectivity index (χ2n) is 12.7. The first kappa shape index (κ1) is 29.4. The SMILES string of the molecule is CCCC1CN(CC(=O)c2cc(C(C)(C)C)c(O)c(C(C)(C)C)c2)C(=NCC(N)=O)C1Cc1ccccc1. The fourth-order valence-corrected chi connectivity index (χ4v) is 5.46. The van der Waals surface area contributed by atoms with E-state index < -0.39 is 5.91 Å². The van der Waals surface area contributed by atoms with E-state index in [2.05, 4.69) is 28.9 Å². The van der Waals surface area contributed by atoms with E-state index in [0.717, 1.165) is 36.2 Å². The van der Waals surface area contributed by atoms with Gasteiger partial charge in [0.2, 0.25) is 5.91 Å². The van der Waals surface area contributed by atoms with Gasteiger partial charge in [0, 0.05) is 29.2 Å². The van der Waals surface area contributed by atoms with Crippen LogP contribution in [-0.4, -0.2) is 47.2 Å². The van der Waals surface area contributed by atoms with Crippen LogP contribution in [0.25, 0.3) is 0 Å². The summed E-state index contributed by atoms with van der Waals surface area (Å²) < 4.78 is 0. The largest absolute Gasteiger partial charge is 0.507 e. The molecule has 2 unspecified atom stereocenters. The van der Waals surface area contributed by atoms with Gasteiger partial charge in [-0.15, -0.1) is 0 Å². The van der Waals surface area contributed by atoms with Gasteiger partial charge in [-0.2, -0.15) is 0 Å². The van der Waals surface area contributed by atoms with Crippen LogP contribution in [0.3, 0.4) is 0 Å². The quantitative estimate of drug-likeness (QED) is 0.419. The number of nitrogens with zero attached hydrogens (tertiary/aromatic N) is 2. The number of aliphatic imine (C=N–C) groups is 1. The highest BCUT2D eigenvalue weighted by Crippen LogP contribution is 2.40. The maximum absolute atomic E-state index is 13.8. The molecule has 0 saturated carbocycles. The number of benzene rings is 2. The van der Waals surface area contributed by atoms with Crippen molar-refractivity contribution < 1.29 is 14.7 Å². The zero-order chi connectivity index (χ0) is 28.3. The molecule has 3 N–H and O–H groups in total. The molecule has 1 aliphatic rings. The minimum atomic E-state index is -0.482. The van der Waals surface area contributed by atoms with Crippen LogP contribution in [0, 0.1) is 11.8 Å². The number of carbonyl (C=O) groups excluding carboxylic acids is 2. The summed E-state index contributed by atoms with van der Waals surface area (Å²) in [6.07, 6.45) is 2.84. The molecule has 6 nitrogen and oxygen atoms in total. The minimum Gasteiger partial charge on any atom is -0.507 e. The monoisotopic (exact) mass is 519 g/mol. The summed E-state index contributed by atoms with van der Waals surface area (Å²) in [5.74, 6) is 0.990. The number of nitrogens with two attached hydrogens (primary N) is 1. The van der Waals surface area contributed by atoms with Crippen molar-refractivity contribution in [2.24, 2.45) is 22.6 Å². The van der Waals surface area contributed by atoms with E-state index in [1.54, 1.807) is 0 Å². The van der Waals surface area contributed by atoms with E-state index >= 15 is 0 Å². The fourth-order valence-electron chi connectivity index (χ4n) is 5.46. The number of carbonyl (C=O) groups is 2. The summed E-state index contributed by atoms with van der Waals surface area (Å²) in [4.78, 5) is 32.2. The van der Waals surface area contributed by atoms with Crippen molar-refractivity contribution in [1.82, 2.24) is 4.90 Å². The Morgan fingerprint density at radius 2 is 1.61 bits per heavy atom. The summed E-state index contributed by atoms with van der Waals surface area (Å²) >= 11 is 0. The van der Waals surface area contributed by atoms with Crippen molar-refractivity contribution >= 4 is 17.5 Å². The molecule has 1 saturated heterocycles. The maximum Gasteiger partial charge on any atom is 0.239 e. The van der Waals surface area contributed by atoms with Crippen LogP contribution in [0.4, 0.5) is 0 Å². The molecular formula is C32H45N3O3. The number of rotatable bonds is 9. The molecule has 206 valence electrons. The van der Waals surface area contributed by atoms with Crippen molar-refractivity contribution in [3.8, 4) is 5.75 Å². The van der Waals surface area contributed by atoms with Crippen molar-refractivity contribution in [2.75, 3.05) is 19.6 Å². The Morgan fingerprint density at radius 1 is 1.03 bits per heavy atom. The summed E-state index contributed by atoms with van der Waals surface area (Å²) in [5.41, 5.74) is 8.16. The Balaban J connectivity index is 2.00. The highest BCUT2D eigenvalue weighted by atomic mass is 16.3. The van der Waals surface area contributed by atoms with Crippen LogP contribution < -0.4 is 5.73 Å². The summed E-state index contributed by atoms with van der Waals surface area (Å²) in [6.45, 7) is 15.2. The highest BCUT2D eigenvalue weighted by molar-refractivity contribution is 6.01. The third-order valence-corrected chi connectivity index (χ3v) is 7.42. The lowest BCUT2D eigenvalue weighted by atomic mass is 9.78. The Labute approximate surface area is 228 Å². The number of hydrogen-bond donors (Lipinski definition) is 2. The van der Waals surface area contributed by atoms with Gasteiger partial charge in [-0.1, -0.05) is 85.2 Å². The lowest BCUT2D eigenvalue weighted by Crippen LogP contribution is -2.34. The molecular weight excluding hydrogens is 474 g/mol. The van der Waals surface area contributed by atoms with Crippen molar-refractivity contribution in [3.05, 3.63) is 64.7 Å². The zero-order valence-electron chi connectivity index (χ0n) is 24.2. The number of aromatic hydroxyl groups is 1. The Bertz CT molecular complexity index is 1140. The smallest absolute Gasteiger partial charge is 0.239 e. The predicted octanol–water partition coefficient (Wildman–Crippen LogP) is 5.64. The van der Waals surface area contributed by atoms with Crippen LogP contribution in [0.1, 0.15) is 88.4 Å². The van der Waals surface area contributed by atoms with Crippen molar-refractivity contribution in [3.63, 3.8) is 0 Å². The third-order valence-electron chi connectivity index (χ3n) is 7.42. The molecule has 3 rings (SSSR count). The van der Waals surface area contributed by atoms with Gasteiger partial charge >= 0.3 is 0 Å². The van der Waals surface area contributed by atoms with E-state index in [0.29, 0.717) is 18.0 Å². The Kier molecular flexibility index (Phi) is 9.06. The van der Waals surface area contributed by atoms with Gasteiger partial charge in [-0.3, -0.25) is 14.6 Å². The second kappa shape index (κ2) is 11.7. The van der Waals surface area contributed by atoms with Gasteiger partial charge in [-0.25, -0.2) is 0 Å². The zero-order valence-corrected chi connectivity index (χ0v) is 24.2. The average molecular weight is 520 g/mol. The molecule has 0 aliphatic carbocycles. The Morgan fingerprint density at radius 3 is 2.11 bits per heavy atom. The Hall–Kier alpha value is -3.15. The summed E-state index contributed by atoms with van der Waals surface area (Å²) in [7, 11) is 0. The van der Waals surface area contributed by atoms with Crippen molar-refractivity contribution in [1.29, 1.82) is 0 Å². The molecule has 0 radical (unpaired) electrons. The molecule has 0 bridgehead atoms. The number of likely N-dealkylation sites (tertiary alicyclic amines) is 1. The van der Waals surface area contributed by atoms with Crippen LogP contribution in [0.5, 0.6) is 5.75 Å². The molecule has 1 fully saturated rings. The molecule has 1 heterocycles. The number of primary amides is 1. The van der Waals surface area contributed by atoms with Gasteiger partial charge in [0.05, 0.1) is 6.54 Å². The first-order chi connectivity index (χ1) is 17.7. The third kappa shape index (κ3) is 7.03. The van der Waals surface area contributed by atoms with E-state index in [9.17, 15) is 14.7 Å². The topological polar surface area (TPSA) is 96.0 Å². The van der Waals surface area contributed by atoms with Crippen LogP contribution in [0.15, 0.2) is 47.5 Å². The van der Waals surface area contributed by atoms with E-state index in [-0.39, 0.29) is 41.4 Å². The summed E-state index contributed by atoms with van der Waals surface area (Å²) in [6, 6.07) is 14.0. The van der Waals surface area contributed by atoms with Gasteiger partial charge in [-0.05, 0) is 47.3 Å². The number of phenolic OH excluding ortho intramolecular Hbond substituents is 1. The highest BCUT2D eigenvalue weighted by Gasteiger charge is 2.39. The molecule has 2 atom stereocenters. The van der Waals surface area contributed by atoms with Crippen LogP contribution in [0.2, 0.25) is 0 Å². The number of amidine groups is 1. The molecule has 0 aromatic heterocycles. The lowest BCUT2D eigenvalue weighted by molar-refractivity contribution is -0.116. The maximum atomic E-state index is 13.8. The number of hydrogen-bond acceptors (Lipinski definition) is 4. The number of Topliss-reactive ketones (excluding diaryl/α,β-unsaturated/α-hetero) is 1. The van der Waals surface area contributed by atoms with Gasteiger partial charge in [0.1, 0.15) is 18.1 Å². The van der Waals surface area contributed by atoms with Gasteiger partial charge in [0.15, 0.2) is 5.78 Å². The standard InChI is InChI=1S/C32H45N3O3/c1-8-12-22-19-35(30(34-18-28(33)37)24(22)15-21-13-10-9-11-14-21)20-27(36)23-16-25(31(2,3)4)29(38)26(17-23)32(5,6)7/h9-11,13-14,16-17,22,24,38H,8,12,15,18-20H2,1-7H3,(H2,33,37). The van der Waals surface area contributed by atoms with Crippen LogP contribution in [-0.2, 0) is 22.0 Å². The van der Waals surface area contributed by atoms with Gasteiger partial charge in [0.25, 0.3) is 0 Å².